The average Bonchev–Trinajstić information content (AvgIpc) is 2.82. The maximum Gasteiger partial charge on any atom is 0.117 e. The summed E-state index contributed by atoms with van der Waals surface area (Å²) in [5, 5.41) is 3.69. The summed E-state index contributed by atoms with van der Waals surface area (Å²) in [4.78, 5) is 2.58. The van der Waals surface area contributed by atoms with Crippen molar-refractivity contribution in [3.05, 3.63) is 24.2 Å². The molecule has 2 rings (SSSR count). The largest absolute Gasteiger partial charge is 0.468 e. The summed E-state index contributed by atoms with van der Waals surface area (Å²) in [6.45, 7) is 10.1. The van der Waals surface area contributed by atoms with Gasteiger partial charge in [-0.1, -0.05) is 27.2 Å². The number of hydrogen-bond acceptors (Lipinski definition) is 3. The van der Waals surface area contributed by atoms with Crippen LogP contribution >= 0.6 is 0 Å². The molecule has 0 spiro atoms. The molecule has 3 heteroatoms. The van der Waals surface area contributed by atoms with Crippen LogP contribution in [0.25, 0.3) is 0 Å². The lowest BCUT2D eigenvalue weighted by Crippen LogP contribution is -2.57. The topological polar surface area (TPSA) is 28.4 Å². The Hall–Kier alpha value is -0.800. The molecule has 3 nitrogen and oxygen atoms in total. The summed E-state index contributed by atoms with van der Waals surface area (Å²) in [5.74, 6) is 1.76. The smallest absolute Gasteiger partial charge is 0.117 e. The number of hydrogen-bond donors (Lipinski definition) is 1. The monoisotopic (exact) mass is 250 g/mol. The molecular formula is C15H26N2O. The van der Waals surface area contributed by atoms with E-state index in [0.717, 1.165) is 25.4 Å². The summed E-state index contributed by atoms with van der Waals surface area (Å²) in [5.41, 5.74) is 0. The molecule has 1 aromatic rings. The van der Waals surface area contributed by atoms with Crippen molar-refractivity contribution in [2.45, 2.75) is 52.2 Å². The molecule has 0 saturated carbocycles. The molecule has 1 aliphatic heterocycles. The van der Waals surface area contributed by atoms with Crippen LogP contribution in [0.5, 0.6) is 0 Å². The third kappa shape index (κ3) is 3.36. The zero-order valence-electron chi connectivity index (χ0n) is 11.9. The molecule has 2 atom stereocenters. The van der Waals surface area contributed by atoms with E-state index in [-0.39, 0.29) is 0 Å². The number of rotatable bonds is 5. The Morgan fingerprint density at radius 1 is 1.50 bits per heavy atom. The molecule has 18 heavy (non-hydrogen) atoms. The first-order valence-electron chi connectivity index (χ1n) is 7.20. The van der Waals surface area contributed by atoms with Gasteiger partial charge in [-0.25, -0.2) is 0 Å². The Kier molecular flexibility index (Phi) is 4.84. The number of nitrogens with zero attached hydrogens (tertiary/aromatic N) is 1. The van der Waals surface area contributed by atoms with Crippen LogP contribution in [0.1, 0.15) is 39.4 Å². The molecule has 1 fully saturated rings. The van der Waals surface area contributed by atoms with Crippen LogP contribution in [0, 0.1) is 5.92 Å². The Morgan fingerprint density at radius 2 is 2.33 bits per heavy atom. The van der Waals surface area contributed by atoms with E-state index in [0.29, 0.717) is 18.0 Å². The third-order valence-electron chi connectivity index (χ3n) is 3.89. The van der Waals surface area contributed by atoms with Gasteiger partial charge in [0.05, 0.1) is 12.8 Å². The van der Waals surface area contributed by atoms with Crippen LogP contribution in [0.2, 0.25) is 0 Å². The quantitative estimate of drug-likeness (QED) is 0.871. The van der Waals surface area contributed by atoms with E-state index in [9.17, 15) is 0 Å². The van der Waals surface area contributed by atoms with Crippen molar-refractivity contribution in [1.82, 2.24) is 10.2 Å². The van der Waals surface area contributed by atoms with Gasteiger partial charge in [0, 0.05) is 25.2 Å². The Labute approximate surface area is 111 Å². The van der Waals surface area contributed by atoms with Gasteiger partial charge in [0.2, 0.25) is 0 Å². The number of nitrogens with one attached hydrogen (secondary N) is 1. The van der Waals surface area contributed by atoms with Crippen molar-refractivity contribution in [3.8, 4) is 0 Å². The molecule has 2 unspecified atom stereocenters. The van der Waals surface area contributed by atoms with E-state index in [4.69, 9.17) is 4.42 Å². The van der Waals surface area contributed by atoms with E-state index >= 15 is 0 Å². The zero-order chi connectivity index (χ0) is 13.0. The fraction of sp³-hybridized carbons (Fsp3) is 0.733. The highest BCUT2D eigenvalue weighted by Crippen LogP contribution is 2.19. The molecule has 0 bridgehead atoms. The Bertz CT molecular complexity index is 334. The fourth-order valence-electron chi connectivity index (χ4n) is 2.88. The van der Waals surface area contributed by atoms with Crippen molar-refractivity contribution in [2.75, 3.05) is 13.1 Å². The minimum absolute atomic E-state index is 0.614. The maximum atomic E-state index is 5.50. The lowest BCUT2D eigenvalue weighted by molar-refractivity contribution is 0.0817. The molecule has 1 N–H and O–H groups in total. The Morgan fingerprint density at radius 3 is 2.94 bits per heavy atom. The van der Waals surface area contributed by atoms with Gasteiger partial charge in [-0.05, 0) is 24.5 Å². The van der Waals surface area contributed by atoms with Crippen molar-refractivity contribution < 1.29 is 4.42 Å². The first-order valence-corrected chi connectivity index (χ1v) is 7.20. The predicted molar refractivity (Wildman–Crippen MR) is 74.4 cm³/mol. The van der Waals surface area contributed by atoms with Crippen LogP contribution in [-0.2, 0) is 6.54 Å². The minimum atomic E-state index is 0.614. The molecule has 1 saturated heterocycles. The highest BCUT2D eigenvalue weighted by molar-refractivity contribution is 5.00. The van der Waals surface area contributed by atoms with Crippen molar-refractivity contribution in [1.29, 1.82) is 0 Å². The van der Waals surface area contributed by atoms with Crippen molar-refractivity contribution in [2.24, 2.45) is 5.92 Å². The van der Waals surface area contributed by atoms with E-state index in [1.54, 1.807) is 6.26 Å². The first-order chi connectivity index (χ1) is 8.70. The normalized spacial score (nSPS) is 25.8. The van der Waals surface area contributed by atoms with E-state index in [1.807, 2.05) is 6.07 Å². The molecule has 0 amide bonds. The van der Waals surface area contributed by atoms with Crippen LogP contribution in [0.3, 0.4) is 0 Å². The first kappa shape index (κ1) is 13.6. The molecule has 0 aromatic carbocycles. The molecule has 0 aliphatic carbocycles. The van der Waals surface area contributed by atoms with Crippen LogP contribution in [0.15, 0.2) is 22.8 Å². The third-order valence-corrected chi connectivity index (χ3v) is 3.89. The van der Waals surface area contributed by atoms with Gasteiger partial charge in [-0.3, -0.25) is 4.90 Å². The second kappa shape index (κ2) is 6.39. The van der Waals surface area contributed by atoms with Gasteiger partial charge in [0.1, 0.15) is 5.76 Å². The van der Waals surface area contributed by atoms with Gasteiger partial charge in [-0.2, -0.15) is 0 Å². The van der Waals surface area contributed by atoms with Gasteiger partial charge in [0.25, 0.3) is 0 Å². The second-order valence-electron chi connectivity index (χ2n) is 5.71. The number of piperazine rings is 1. The van der Waals surface area contributed by atoms with E-state index < -0.39 is 0 Å². The van der Waals surface area contributed by atoms with Crippen molar-refractivity contribution >= 4 is 0 Å². The highest BCUT2D eigenvalue weighted by atomic mass is 16.3. The predicted octanol–water partition coefficient (Wildman–Crippen LogP) is 2.88. The molecule has 1 aliphatic rings. The molecule has 0 radical (unpaired) electrons. The van der Waals surface area contributed by atoms with Crippen LogP contribution < -0.4 is 5.32 Å². The summed E-state index contributed by atoms with van der Waals surface area (Å²) in [7, 11) is 0. The second-order valence-corrected chi connectivity index (χ2v) is 5.71. The van der Waals surface area contributed by atoms with Crippen LogP contribution in [0.4, 0.5) is 0 Å². The Balaban J connectivity index is 2.00. The van der Waals surface area contributed by atoms with Gasteiger partial charge in [-0.15, -0.1) is 0 Å². The fourth-order valence-corrected chi connectivity index (χ4v) is 2.88. The highest BCUT2D eigenvalue weighted by Gasteiger charge is 2.29. The summed E-state index contributed by atoms with van der Waals surface area (Å²) in [6, 6.07) is 5.31. The van der Waals surface area contributed by atoms with E-state index in [1.165, 1.54) is 12.8 Å². The lowest BCUT2D eigenvalue weighted by Gasteiger charge is -2.42. The van der Waals surface area contributed by atoms with Crippen LogP contribution in [-0.4, -0.2) is 30.1 Å². The summed E-state index contributed by atoms with van der Waals surface area (Å²) >= 11 is 0. The summed E-state index contributed by atoms with van der Waals surface area (Å²) in [6.07, 6.45) is 4.28. The number of furan rings is 1. The average molecular weight is 250 g/mol. The molecule has 2 heterocycles. The SMILES string of the molecule is CCCC1CN(Cc2ccco2)C(C(C)C)CN1. The van der Waals surface area contributed by atoms with Gasteiger partial charge >= 0.3 is 0 Å². The lowest BCUT2D eigenvalue weighted by atomic mass is 9.97. The molecule has 102 valence electrons. The van der Waals surface area contributed by atoms with Gasteiger partial charge in [0.15, 0.2) is 0 Å². The van der Waals surface area contributed by atoms with Gasteiger partial charge < -0.3 is 9.73 Å². The minimum Gasteiger partial charge on any atom is -0.468 e. The molecule has 1 aromatic heterocycles. The molecular weight excluding hydrogens is 224 g/mol. The van der Waals surface area contributed by atoms with Crippen molar-refractivity contribution in [3.63, 3.8) is 0 Å². The standard InChI is InChI=1S/C15H26N2O/c1-4-6-13-10-17(11-14-7-5-8-18-14)15(9-16-13)12(2)3/h5,7-8,12-13,15-16H,4,6,9-11H2,1-3H3. The summed E-state index contributed by atoms with van der Waals surface area (Å²) < 4.78 is 5.50. The maximum absolute atomic E-state index is 5.50. The zero-order valence-corrected chi connectivity index (χ0v) is 11.9. The van der Waals surface area contributed by atoms with E-state index in [2.05, 4.69) is 37.1 Å².